The SMILES string of the molecule is CC(C)(C)c1cc(-c2cc(-c3ccc4ccoc4c3)ncn2)[c-]c2ccccc12.CCC(C)(CC)C(=O)/C=C(\O)C(C)(CC)CC.[Ir]. The van der Waals surface area contributed by atoms with Crippen LogP contribution in [-0.2, 0) is 30.3 Å². The molecule has 0 atom stereocenters. The third-order valence-corrected chi connectivity index (χ3v) is 9.88. The van der Waals surface area contributed by atoms with Crippen molar-refractivity contribution in [2.75, 3.05) is 0 Å². The number of aliphatic hydroxyl groups is 1. The molecule has 0 saturated carbocycles. The van der Waals surface area contributed by atoms with Crippen LogP contribution < -0.4 is 0 Å². The Labute approximate surface area is 294 Å². The quantitative estimate of drug-likeness (QED) is 0.0912. The molecule has 0 spiro atoms. The average Bonchev–Trinajstić information content (AvgIpc) is 3.55. The van der Waals surface area contributed by atoms with Gasteiger partial charge in [-0.2, -0.15) is 0 Å². The maximum absolute atomic E-state index is 12.2. The molecule has 0 aliphatic rings. The van der Waals surface area contributed by atoms with E-state index in [1.165, 1.54) is 17.0 Å². The first-order valence-corrected chi connectivity index (χ1v) is 16.5. The number of ketones is 1. The van der Waals surface area contributed by atoms with Crippen LogP contribution in [0.2, 0.25) is 0 Å². The maximum Gasteiger partial charge on any atom is 0.164 e. The molecule has 5 aromatic rings. The minimum absolute atomic E-state index is 0. The minimum atomic E-state index is -0.337. The number of allylic oxidation sites excluding steroid dienone is 2. The van der Waals surface area contributed by atoms with E-state index in [9.17, 15) is 9.90 Å². The Kier molecular flexibility index (Phi) is 12.5. The molecule has 0 unspecified atom stereocenters. The van der Waals surface area contributed by atoms with Gasteiger partial charge in [0, 0.05) is 53.7 Å². The number of nitrogens with zero attached hydrogens (tertiary/aromatic N) is 2. The van der Waals surface area contributed by atoms with Crippen molar-refractivity contribution in [3.8, 4) is 22.5 Å². The van der Waals surface area contributed by atoms with Crippen LogP contribution in [0, 0.1) is 16.9 Å². The molecule has 0 saturated heterocycles. The van der Waals surface area contributed by atoms with Gasteiger partial charge in [-0.3, -0.25) is 9.78 Å². The van der Waals surface area contributed by atoms with Gasteiger partial charge < -0.3 is 9.52 Å². The first-order valence-electron chi connectivity index (χ1n) is 16.5. The van der Waals surface area contributed by atoms with E-state index in [4.69, 9.17) is 4.42 Å². The number of hydrogen-bond acceptors (Lipinski definition) is 5. The van der Waals surface area contributed by atoms with E-state index in [2.05, 4.69) is 79.3 Å². The van der Waals surface area contributed by atoms with Crippen molar-refractivity contribution >= 4 is 27.5 Å². The topological polar surface area (TPSA) is 76.2 Å². The van der Waals surface area contributed by atoms with Gasteiger partial charge in [-0.15, -0.1) is 29.1 Å². The molecule has 0 aliphatic carbocycles. The first kappa shape index (κ1) is 37.9. The molecule has 47 heavy (non-hydrogen) atoms. The summed E-state index contributed by atoms with van der Waals surface area (Å²) in [6.07, 6.45) is 8.08. The van der Waals surface area contributed by atoms with E-state index in [1.54, 1.807) is 12.6 Å². The molecular weight excluding hydrogens is 761 g/mol. The van der Waals surface area contributed by atoms with Crippen molar-refractivity contribution in [3.63, 3.8) is 0 Å². The standard InChI is InChI=1S/C26H21N2O.C15H28O2.Ir/c1-26(2,3)22-13-20(12-18-6-4-5-7-21(18)22)24-15-23(27-16-28-24)19-9-8-17-10-11-29-25(17)14-19;1-7-14(5,8-2)12(16)11-13(17)15(6,9-3)10-4;/h4-11,13-16H,1-3H3;11,16H,7-10H2,1-6H3;/q-1;;/b;12-11-;. The van der Waals surface area contributed by atoms with Crippen molar-refractivity contribution in [1.82, 2.24) is 9.97 Å². The summed E-state index contributed by atoms with van der Waals surface area (Å²) in [6, 6.07) is 24.3. The molecule has 0 aliphatic heterocycles. The summed E-state index contributed by atoms with van der Waals surface area (Å²) in [4.78, 5) is 21.2. The van der Waals surface area contributed by atoms with Crippen LogP contribution >= 0.6 is 0 Å². The van der Waals surface area contributed by atoms with Gasteiger partial charge in [-0.1, -0.05) is 104 Å². The number of furan rings is 1. The molecule has 0 bridgehead atoms. The molecule has 0 amide bonds. The molecule has 251 valence electrons. The van der Waals surface area contributed by atoms with Crippen molar-refractivity contribution in [2.45, 2.75) is 93.4 Å². The summed E-state index contributed by atoms with van der Waals surface area (Å²) in [7, 11) is 0. The van der Waals surface area contributed by atoms with E-state index < -0.39 is 0 Å². The Morgan fingerprint density at radius 1 is 0.830 bits per heavy atom. The van der Waals surface area contributed by atoms with Crippen LogP contribution in [0.4, 0.5) is 0 Å². The summed E-state index contributed by atoms with van der Waals surface area (Å²) in [5, 5.41) is 13.6. The van der Waals surface area contributed by atoms with Gasteiger partial charge in [-0.25, -0.2) is 4.98 Å². The first-order chi connectivity index (χ1) is 21.8. The fourth-order valence-corrected chi connectivity index (χ4v) is 5.45. The number of carbonyl (C=O) groups is 1. The summed E-state index contributed by atoms with van der Waals surface area (Å²) >= 11 is 0. The molecule has 2 aromatic heterocycles. The summed E-state index contributed by atoms with van der Waals surface area (Å²) < 4.78 is 5.55. The van der Waals surface area contributed by atoms with E-state index >= 15 is 0 Å². The number of rotatable bonds is 9. The second kappa shape index (κ2) is 15.5. The van der Waals surface area contributed by atoms with Gasteiger partial charge in [0.2, 0.25) is 0 Å². The van der Waals surface area contributed by atoms with Crippen LogP contribution in [0.1, 0.15) is 93.6 Å². The normalized spacial score (nSPS) is 12.4. The zero-order chi connectivity index (χ0) is 33.7. The Morgan fingerprint density at radius 3 is 2.11 bits per heavy atom. The summed E-state index contributed by atoms with van der Waals surface area (Å²) in [5.41, 5.74) is 5.29. The van der Waals surface area contributed by atoms with Crippen LogP contribution in [0.3, 0.4) is 0 Å². The molecule has 5 rings (SSSR count). The second-order valence-corrected chi connectivity index (χ2v) is 13.8. The van der Waals surface area contributed by atoms with E-state index in [-0.39, 0.29) is 47.9 Å². The van der Waals surface area contributed by atoms with E-state index in [0.29, 0.717) is 0 Å². The second-order valence-electron chi connectivity index (χ2n) is 13.8. The molecule has 6 heteroatoms. The fourth-order valence-electron chi connectivity index (χ4n) is 5.45. The molecule has 3 aromatic carbocycles. The van der Waals surface area contributed by atoms with Crippen molar-refractivity contribution in [2.24, 2.45) is 10.8 Å². The Bertz CT molecular complexity index is 1840. The van der Waals surface area contributed by atoms with Crippen LogP contribution in [0.5, 0.6) is 0 Å². The zero-order valence-corrected chi connectivity index (χ0v) is 31.7. The van der Waals surface area contributed by atoms with Crippen LogP contribution in [0.25, 0.3) is 44.3 Å². The van der Waals surface area contributed by atoms with Crippen molar-refractivity contribution < 1.29 is 34.4 Å². The van der Waals surface area contributed by atoms with Gasteiger partial charge in [0.25, 0.3) is 0 Å². The number of hydrogen-bond donors (Lipinski definition) is 1. The van der Waals surface area contributed by atoms with Crippen LogP contribution in [0.15, 0.2) is 89.5 Å². The molecule has 5 nitrogen and oxygen atoms in total. The fraction of sp³-hybridized carbons (Fsp3) is 0.390. The smallest absolute Gasteiger partial charge is 0.164 e. The van der Waals surface area contributed by atoms with Gasteiger partial charge in [0.1, 0.15) is 17.7 Å². The minimum Gasteiger partial charge on any atom is -0.512 e. The number of aromatic nitrogens is 2. The maximum atomic E-state index is 12.2. The van der Waals surface area contributed by atoms with Gasteiger partial charge >= 0.3 is 0 Å². The van der Waals surface area contributed by atoms with Gasteiger partial charge in [-0.05, 0) is 49.3 Å². The molecular formula is C41H49IrN2O3-. The Morgan fingerprint density at radius 2 is 1.47 bits per heavy atom. The third-order valence-electron chi connectivity index (χ3n) is 9.88. The third kappa shape index (κ3) is 8.47. The predicted octanol–water partition coefficient (Wildman–Crippen LogP) is 11.5. The number of carbonyl (C=O) groups excluding carboxylic acids is 1. The summed E-state index contributed by atoms with van der Waals surface area (Å²) in [5.74, 6) is 0.286. The number of aliphatic hydroxyl groups excluding tert-OH is 1. The van der Waals surface area contributed by atoms with Crippen molar-refractivity contribution in [3.05, 3.63) is 96.7 Å². The predicted molar refractivity (Wildman–Crippen MR) is 191 cm³/mol. The van der Waals surface area contributed by atoms with Gasteiger partial charge in [0.05, 0.1) is 12.0 Å². The van der Waals surface area contributed by atoms with Crippen LogP contribution in [-0.4, -0.2) is 20.9 Å². The van der Waals surface area contributed by atoms with Crippen molar-refractivity contribution in [1.29, 1.82) is 0 Å². The Hall–Kier alpha value is -3.60. The summed E-state index contributed by atoms with van der Waals surface area (Å²) in [6.45, 7) is 18.8. The monoisotopic (exact) mass is 810 g/mol. The molecule has 0 fully saturated rings. The Balaban J connectivity index is 0.000000290. The average molecular weight is 810 g/mol. The number of benzene rings is 3. The zero-order valence-electron chi connectivity index (χ0n) is 29.3. The van der Waals surface area contributed by atoms with E-state index in [1.807, 2.05) is 59.7 Å². The molecule has 2 heterocycles. The molecule has 1 radical (unpaired) electrons. The number of fused-ring (bicyclic) bond motifs is 2. The molecule has 1 N–H and O–H groups in total. The van der Waals surface area contributed by atoms with Gasteiger partial charge in [0.15, 0.2) is 5.78 Å². The largest absolute Gasteiger partial charge is 0.512 e. The van der Waals surface area contributed by atoms with E-state index in [0.717, 1.165) is 64.6 Å².